The Morgan fingerprint density at radius 2 is 2.11 bits per heavy atom. The first kappa shape index (κ1) is 13.9. The van der Waals surface area contributed by atoms with Crippen LogP contribution in [0.5, 0.6) is 0 Å². The minimum absolute atomic E-state index is 0.0837. The first-order valence-corrected chi connectivity index (χ1v) is 7.45. The smallest absolute Gasteiger partial charge is 0.137 e. The molecule has 2 aliphatic rings. The average Bonchev–Trinajstić information content (AvgIpc) is 2.46. The van der Waals surface area contributed by atoms with Gasteiger partial charge in [-0.2, -0.15) is 0 Å². The Hall–Kier alpha value is -0.540. The molecule has 1 aliphatic heterocycles. The van der Waals surface area contributed by atoms with Gasteiger partial charge in [-0.1, -0.05) is 19.3 Å². The van der Waals surface area contributed by atoms with Crippen molar-refractivity contribution in [3.05, 3.63) is 11.8 Å². The number of aliphatic hydroxyl groups is 1. The Bertz CT molecular complexity index is 269. The molecule has 18 heavy (non-hydrogen) atoms. The average molecular weight is 254 g/mol. The van der Waals surface area contributed by atoms with Gasteiger partial charge in [-0.15, -0.1) is 0 Å². The molecule has 0 aromatic carbocycles. The summed E-state index contributed by atoms with van der Waals surface area (Å²) in [4.78, 5) is 0. The van der Waals surface area contributed by atoms with Crippen molar-refractivity contribution in [1.82, 2.24) is 0 Å². The molecular weight excluding hydrogens is 228 g/mol. The van der Waals surface area contributed by atoms with E-state index in [-0.39, 0.29) is 6.10 Å². The van der Waals surface area contributed by atoms with Gasteiger partial charge in [0.15, 0.2) is 0 Å². The molecule has 1 aliphatic carbocycles. The molecule has 0 spiro atoms. The van der Waals surface area contributed by atoms with Crippen LogP contribution in [-0.4, -0.2) is 30.5 Å². The third-order valence-corrected chi connectivity index (χ3v) is 4.04. The standard InChI is InChI=1S/C15H26O3/c1-2-17-15(12-8-4-3-5-9-12)14(16)13-10-6-7-11-18-13/h10,12,14-16H,2-9,11H2,1H3. The van der Waals surface area contributed by atoms with E-state index in [4.69, 9.17) is 9.47 Å². The van der Waals surface area contributed by atoms with Crippen LogP contribution in [0, 0.1) is 5.92 Å². The second kappa shape index (κ2) is 7.15. The minimum atomic E-state index is -0.576. The minimum Gasteiger partial charge on any atom is -0.495 e. The van der Waals surface area contributed by atoms with Gasteiger partial charge in [0, 0.05) is 6.61 Å². The molecule has 1 fully saturated rings. The van der Waals surface area contributed by atoms with Crippen molar-refractivity contribution in [2.45, 2.75) is 64.1 Å². The summed E-state index contributed by atoms with van der Waals surface area (Å²) in [6, 6.07) is 0. The van der Waals surface area contributed by atoms with Crippen LogP contribution >= 0.6 is 0 Å². The topological polar surface area (TPSA) is 38.7 Å². The van der Waals surface area contributed by atoms with Gasteiger partial charge in [-0.3, -0.25) is 0 Å². The SMILES string of the molecule is CCOC(C1CCCCC1)C(O)C1=CCCCO1. The second-order valence-electron chi connectivity index (χ2n) is 5.36. The van der Waals surface area contributed by atoms with Crippen LogP contribution in [0.3, 0.4) is 0 Å². The number of aliphatic hydroxyl groups excluding tert-OH is 1. The van der Waals surface area contributed by atoms with E-state index in [0.717, 1.165) is 25.2 Å². The van der Waals surface area contributed by atoms with Crippen molar-refractivity contribution >= 4 is 0 Å². The molecule has 0 amide bonds. The second-order valence-corrected chi connectivity index (χ2v) is 5.36. The highest BCUT2D eigenvalue weighted by molar-refractivity contribution is 5.06. The molecule has 0 aromatic rings. The van der Waals surface area contributed by atoms with E-state index >= 15 is 0 Å². The molecule has 0 radical (unpaired) electrons. The van der Waals surface area contributed by atoms with Gasteiger partial charge < -0.3 is 14.6 Å². The zero-order valence-electron chi connectivity index (χ0n) is 11.4. The summed E-state index contributed by atoms with van der Waals surface area (Å²) >= 11 is 0. The lowest BCUT2D eigenvalue weighted by molar-refractivity contribution is -0.0772. The molecular formula is C15H26O3. The first-order chi connectivity index (χ1) is 8.83. The molecule has 2 atom stereocenters. The Morgan fingerprint density at radius 1 is 1.33 bits per heavy atom. The number of rotatable bonds is 5. The largest absolute Gasteiger partial charge is 0.495 e. The van der Waals surface area contributed by atoms with E-state index in [1.165, 1.54) is 32.1 Å². The normalized spacial score (nSPS) is 25.1. The third-order valence-electron chi connectivity index (χ3n) is 4.04. The quantitative estimate of drug-likeness (QED) is 0.819. The fraction of sp³-hybridized carbons (Fsp3) is 0.867. The maximum absolute atomic E-state index is 10.5. The van der Waals surface area contributed by atoms with Crippen molar-refractivity contribution in [1.29, 1.82) is 0 Å². The number of ether oxygens (including phenoxy) is 2. The third kappa shape index (κ3) is 3.48. The number of hydrogen-bond donors (Lipinski definition) is 1. The van der Waals surface area contributed by atoms with Crippen molar-refractivity contribution in [2.24, 2.45) is 5.92 Å². The maximum atomic E-state index is 10.5. The summed E-state index contributed by atoms with van der Waals surface area (Å²) in [6.45, 7) is 3.39. The van der Waals surface area contributed by atoms with Crippen LogP contribution in [0.4, 0.5) is 0 Å². The zero-order valence-corrected chi connectivity index (χ0v) is 11.4. The molecule has 1 N–H and O–H groups in total. The van der Waals surface area contributed by atoms with Crippen molar-refractivity contribution < 1.29 is 14.6 Å². The van der Waals surface area contributed by atoms with Crippen LogP contribution in [0.15, 0.2) is 11.8 Å². The fourth-order valence-corrected chi connectivity index (χ4v) is 3.08. The predicted molar refractivity (Wildman–Crippen MR) is 71.3 cm³/mol. The van der Waals surface area contributed by atoms with Gasteiger partial charge in [0.2, 0.25) is 0 Å². The first-order valence-electron chi connectivity index (χ1n) is 7.45. The lowest BCUT2D eigenvalue weighted by atomic mass is 9.82. The van der Waals surface area contributed by atoms with Crippen LogP contribution in [-0.2, 0) is 9.47 Å². The molecule has 2 rings (SSSR count). The van der Waals surface area contributed by atoms with E-state index < -0.39 is 6.10 Å². The van der Waals surface area contributed by atoms with Gasteiger partial charge in [0.25, 0.3) is 0 Å². The van der Waals surface area contributed by atoms with Crippen molar-refractivity contribution in [3.8, 4) is 0 Å². The molecule has 1 saturated carbocycles. The fourth-order valence-electron chi connectivity index (χ4n) is 3.08. The molecule has 0 aromatic heterocycles. The zero-order chi connectivity index (χ0) is 12.8. The Kier molecular flexibility index (Phi) is 5.51. The van der Waals surface area contributed by atoms with Crippen LogP contribution in [0.1, 0.15) is 51.9 Å². The summed E-state index contributed by atoms with van der Waals surface area (Å²) in [6.07, 6.45) is 9.64. The predicted octanol–water partition coefficient (Wildman–Crippen LogP) is 3.03. The summed E-state index contributed by atoms with van der Waals surface area (Å²) in [5, 5.41) is 10.5. The molecule has 3 heteroatoms. The van der Waals surface area contributed by atoms with Crippen LogP contribution in [0.25, 0.3) is 0 Å². The van der Waals surface area contributed by atoms with Gasteiger partial charge in [0.05, 0.1) is 12.7 Å². The van der Waals surface area contributed by atoms with Crippen molar-refractivity contribution in [2.75, 3.05) is 13.2 Å². The number of hydrogen-bond acceptors (Lipinski definition) is 3. The Balaban J connectivity index is 2.00. The summed E-state index contributed by atoms with van der Waals surface area (Å²) in [7, 11) is 0. The van der Waals surface area contributed by atoms with E-state index in [1.807, 2.05) is 13.0 Å². The molecule has 104 valence electrons. The van der Waals surface area contributed by atoms with E-state index in [2.05, 4.69) is 0 Å². The van der Waals surface area contributed by atoms with Gasteiger partial charge in [0.1, 0.15) is 11.9 Å². The Morgan fingerprint density at radius 3 is 2.72 bits per heavy atom. The highest BCUT2D eigenvalue weighted by Gasteiger charge is 2.33. The highest BCUT2D eigenvalue weighted by Crippen LogP contribution is 2.32. The maximum Gasteiger partial charge on any atom is 0.137 e. The van der Waals surface area contributed by atoms with Gasteiger partial charge >= 0.3 is 0 Å². The van der Waals surface area contributed by atoms with Crippen molar-refractivity contribution in [3.63, 3.8) is 0 Å². The molecule has 3 nitrogen and oxygen atoms in total. The van der Waals surface area contributed by atoms with Crippen LogP contribution in [0.2, 0.25) is 0 Å². The lowest BCUT2D eigenvalue weighted by Crippen LogP contribution is -2.39. The molecule has 1 heterocycles. The van der Waals surface area contributed by atoms with E-state index in [1.54, 1.807) is 0 Å². The van der Waals surface area contributed by atoms with Crippen LogP contribution < -0.4 is 0 Å². The molecule has 2 unspecified atom stereocenters. The van der Waals surface area contributed by atoms with E-state index in [9.17, 15) is 5.11 Å². The Labute approximate surface area is 110 Å². The summed E-state index contributed by atoms with van der Waals surface area (Å²) in [5.41, 5.74) is 0. The summed E-state index contributed by atoms with van der Waals surface area (Å²) < 4.78 is 11.4. The van der Waals surface area contributed by atoms with Gasteiger partial charge in [-0.25, -0.2) is 0 Å². The number of allylic oxidation sites excluding steroid dienone is 1. The lowest BCUT2D eigenvalue weighted by Gasteiger charge is -2.34. The summed E-state index contributed by atoms with van der Waals surface area (Å²) in [5.74, 6) is 1.23. The molecule has 0 saturated heterocycles. The van der Waals surface area contributed by atoms with Gasteiger partial charge in [-0.05, 0) is 44.6 Å². The monoisotopic (exact) mass is 254 g/mol. The highest BCUT2D eigenvalue weighted by atomic mass is 16.5. The van der Waals surface area contributed by atoms with E-state index in [0.29, 0.717) is 12.5 Å². The molecule has 0 bridgehead atoms.